The standard InChI is InChI=1S/C20H14Cl2N2O2/c21-17-11-10-16(12-18(17)22)24-20(26)14-8-6-13(7-9-14)19(25)23-15-4-2-1-3-5-15/h1-12H,(H,23,25)(H,24,26). The maximum Gasteiger partial charge on any atom is 0.255 e. The summed E-state index contributed by atoms with van der Waals surface area (Å²) in [5.41, 5.74) is 2.13. The maximum absolute atomic E-state index is 12.3. The van der Waals surface area contributed by atoms with Crippen LogP contribution in [0.5, 0.6) is 0 Å². The van der Waals surface area contributed by atoms with Crippen molar-refractivity contribution < 1.29 is 9.59 Å². The molecule has 0 bridgehead atoms. The highest BCUT2D eigenvalue weighted by Crippen LogP contribution is 2.25. The summed E-state index contributed by atoms with van der Waals surface area (Å²) in [5.74, 6) is -0.550. The lowest BCUT2D eigenvalue weighted by molar-refractivity contribution is 0.101. The number of anilines is 2. The smallest absolute Gasteiger partial charge is 0.255 e. The highest BCUT2D eigenvalue weighted by molar-refractivity contribution is 6.42. The molecule has 0 saturated carbocycles. The van der Waals surface area contributed by atoms with Crippen molar-refractivity contribution in [3.63, 3.8) is 0 Å². The Labute approximate surface area is 160 Å². The highest BCUT2D eigenvalue weighted by Gasteiger charge is 2.10. The van der Waals surface area contributed by atoms with E-state index < -0.39 is 0 Å². The maximum atomic E-state index is 12.3. The van der Waals surface area contributed by atoms with E-state index in [1.54, 1.807) is 54.6 Å². The SMILES string of the molecule is O=C(Nc1ccccc1)c1ccc(C(=O)Nc2ccc(Cl)c(Cl)c2)cc1. The third kappa shape index (κ3) is 4.42. The Hall–Kier alpha value is -2.82. The molecule has 0 atom stereocenters. The van der Waals surface area contributed by atoms with Gasteiger partial charge < -0.3 is 10.6 Å². The normalized spacial score (nSPS) is 10.2. The van der Waals surface area contributed by atoms with Crippen LogP contribution in [0.25, 0.3) is 0 Å². The minimum absolute atomic E-state index is 0.243. The molecule has 2 N–H and O–H groups in total. The van der Waals surface area contributed by atoms with Gasteiger partial charge in [0, 0.05) is 22.5 Å². The molecule has 0 aliphatic carbocycles. The predicted octanol–water partition coefficient (Wildman–Crippen LogP) is 5.50. The number of nitrogens with one attached hydrogen (secondary N) is 2. The first kappa shape index (κ1) is 18.0. The number of rotatable bonds is 4. The van der Waals surface area contributed by atoms with Gasteiger partial charge in [-0.05, 0) is 54.6 Å². The van der Waals surface area contributed by atoms with Crippen molar-refractivity contribution in [2.75, 3.05) is 10.6 Å². The lowest BCUT2D eigenvalue weighted by Crippen LogP contribution is -2.14. The fourth-order valence-corrected chi connectivity index (χ4v) is 2.57. The molecule has 0 unspecified atom stereocenters. The minimum Gasteiger partial charge on any atom is -0.322 e. The lowest BCUT2D eigenvalue weighted by atomic mass is 10.1. The molecule has 0 aliphatic rings. The number of halogens is 2. The van der Waals surface area contributed by atoms with Crippen molar-refractivity contribution in [1.29, 1.82) is 0 Å². The summed E-state index contributed by atoms with van der Waals surface area (Å²) in [4.78, 5) is 24.5. The topological polar surface area (TPSA) is 58.2 Å². The molecular formula is C20H14Cl2N2O2. The zero-order valence-electron chi connectivity index (χ0n) is 13.5. The second-order valence-corrected chi connectivity index (χ2v) is 6.29. The summed E-state index contributed by atoms with van der Waals surface area (Å²) in [7, 11) is 0. The van der Waals surface area contributed by atoms with E-state index in [4.69, 9.17) is 23.2 Å². The molecule has 0 fully saturated rings. The molecule has 0 aliphatic heterocycles. The Morgan fingerprint density at radius 3 is 1.69 bits per heavy atom. The van der Waals surface area contributed by atoms with Crippen molar-refractivity contribution in [3.8, 4) is 0 Å². The van der Waals surface area contributed by atoms with E-state index in [0.717, 1.165) is 0 Å². The summed E-state index contributed by atoms with van der Waals surface area (Å²) in [6, 6.07) is 20.4. The molecule has 0 aromatic heterocycles. The molecule has 26 heavy (non-hydrogen) atoms. The molecule has 6 heteroatoms. The van der Waals surface area contributed by atoms with Crippen LogP contribution in [0.2, 0.25) is 10.0 Å². The third-order valence-corrected chi connectivity index (χ3v) is 4.36. The Balaban J connectivity index is 1.67. The first-order chi connectivity index (χ1) is 12.5. The number of hydrogen-bond acceptors (Lipinski definition) is 2. The minimum atomic E-state index is -0.307. The van der Waals surface area contributed by atoms with Gasteiger partial charge >= 0.3 is 0 Å². The molecule has 4 nitrogen and oxygen atoms in total. The number of hydrogen-bond donors (Lipinski definition) is 2. The Bertz CT molecular complexity index is 942. The summed E-state index contributed by atoms with van der Waals surface area (Å²) in [5, 5.41) is 6.30. The van der Waals surface area contributed by atoms with Gasteiger partial charge in [0.15, 0.2) is 0 Å². The van der Waals surface area contributed by atoms with Crippen molar-refractivity contribution in [2.45, 2.75) is 0 Å². The molecule has 3 aromatic carbocycles. The molecule has 2 amide bonds. The second kappa shape index (κ2) is 8.04. The molecule has 3 aromatic rings. The molecule has 0 heterocycles. The summed E-state index contributed by atoms with van der Waals surface area (Å²) >= 11 is 11.8. The molecular weight excluding hydrogens is 371 g/mol. The van der Waals surface area contributed by atoms with E-state index in [9.17, 15) is 9.59 Å². The van der Waals surface area contributed by atoms with Crippen molar-refractivity contribution >= 4 is 46.4 Å². The zero-order chi connectivity index (χ0) is 18.5. The van der Waals surface area contributed by atoms with Gasteiger partial charge in [-0.2, -0.15) is 0 Å². The summed E-state index contributed by atoms with van der Waals surface area (Å²) in [6.07, 6.45) is 0. The van der Waals surface area contributed by atoms with Gasteiger partial charge in [0.05, 0.1) is 10.0 Å². The number of benzene rings is 3. The van der Waals surface area contributed by atoms with Crippen LogP contribution >= 0.6 is 23.2 Å². The van der Waals surface area contributed by atoms with Crippen LogP contribution in [0.15, 0.2) is 72.8 Å². The first-order valence-corrected chi connectivity index (χ1v) is 8.51. The summed E-state index contributed by atoms with van der Waals surface area (Å²) in [6.45, 7) is 0. The number of carbonyl (C=O) groups is 2. The van der Waals surface area contributed by atoms with Crippen molar-refractivity contribution in [1.82, 2.24) is 0 Å². The van der Waals surface area contributed by atoms with Gasteiger partial charge in [-0.1, -0.05) is 41.4 Å². The van der Waals surface area contributed by atoms with E-state index in [1.165, 1.54) is 0 Å². The van der Waals surface area contributed by atoms with E-state index in [2.05, 4.69) is 10.6 Å². The Kier molecular flexibility index (Phi) is 5.56. The number of amides is 2. The molecule has 3 rings (SSSR count). The van der Waals surface area contributed by atoms with Crippen LogP contribution in [-0.4, -0.2) is 11.8 Å². The molecule has 0 saturated heterocycles. The van der Waals surface area contributed by atoms with Gasteiger partial charge in [-0.25, -0.2) is 0 Å². The van der Waals surface area contributed by atoms with Gasteiger partial charge in [0.2, 0.25) is 0 Å². The van der Waals surface area contributed by atoms with E-state index >= 15 is 0 Å². The lowest BCUT2D eigenvalue weighted by Gasteiger charge is -2.08. The van der Waals surface area contributed by atoms with E-state index in [-0.39, 0.29) is 11.8 Å². The van der Waals surface area contributed by atoms with Crippen LogP contribution in [0.3, 0.4) is 0 Å². The largest absolute Gasteiger partial charge is 0.322 e. The van der Waals surface area contributed by atoms with Crippen molar-refractivity contribution in [2.24, 2.45) is 0 Å². The Morgan fingerprint density at radius 2 is 1.15 bits per heavy atom. The number of para-hydroxylation sites is 1. The van der Waals surface area contributed by atoms with Crippen LogP contribution in [0, 0.1) is 0 Å². The van der Waals surface area contributed by atoms with Gasteiger partial charge in [-0.3, -0.25) is 9.59 Å². The van der Waals surface area contributed by atoms with Crippen LogP contribution in [-0.2, 0) is 0 Å². The monoisotopic (exact) mass is 384 g/mol. The second-order valence-electron chi connectivity index (χ2n) is 5.48. The Morgan fingerprint density at radius 1 is 0.615 bits per heavy atom. The molecule has 130 valence electrons. The van der Waals surface area contributed by atoms with Crippen LogP contribution < -0.4 is 10.6 Å². The van der Waals surface area contributed by atoms with Crippen molar-refractivity contribution in [3.05, 3.63) is 94.0 Å². The fraction of sp³-hybridized carbons (Fsp3) is 0. The molecule has 0 radical (unpaired) electrons. The average molecular weight is 385 g/mol. The zero-order valence-corrected chi connectivity index (χ0v) is 15.0. The number of carbonyl (C=O) groups excluding carboxylic acids is 2. The van der Waals surface area contributed by atoms with Crippen LogP contribution in [0.4, 0.5) is 11.4 Å². The van der Waals surface area contributed by atoms with Gasteiger partial charge in [-0.15, -0.1) is 0 Å². The average Bonchev–Trinajstić information content (AvgIpc) is 2.65. The fourth-order valence-electron chi connectivity index (χ4n) is 2.27. The van der Waals surface area contributed by atoms with Gasteiger partial charge in [0.1, 0.15) is 0 Å². The summed E-state index contributed by atoms with van der Waals surface area (Å²) < 4.78 is 0. The van der Waals surface area contributed by atoms with E-state index in [0.29, 0.717) is 32.5 Å². The van der Waals surface area contributed by atoms with Gasteiger partial charge in [0.25, 0.3) is 11.8 Å². The molecule has 0 spiro atoms. The van der Waals surface area contributed by atoms with E-state index in [1.807, 2.05) is 18.2 Å². The van der Waals surface area contributed by atoms with Crippen LogP contribution in [0.1, 0.15) is 20.7 Å². The quantitative estimate of drug-likeness (QED) is 0.623. The first-order valence-electron chi connectivity index (χ1n) is 7.76. The predicted molar refractivity (Wildman–Crippen MR) is 105 cm³/mol. The highest BCUT2D eigenvalue weighted by atomic mass is 35.5. The third-order valence-electron chi connectivity index (χ3n) is 3.62.